The molecule has 8 atom stereocenters. The van der Waals surface area contributed by atoms with Crippen molar-refractivity contribution >= 4 is 0 Å². The molecule has 9 nitrogen and oxygen atoms in total. The van der Waals surface area contributed by atoms with Crippen LogP contribution in [0.25, 0.3) is 0 Å². The predicted octanol–water partition coefficient (Wildman–Crippen LogP) is -3.73. The molecule has 0 saturated carbocycles. The Morgan fingerprint density at radius 3 is 2.10 bits per heavy atom. The van der Waals surface area contributed by atoms with Crippen molar-refractivity contribution in [3.05, 3.63) is 0 Å². The number of ether oxygens (including phenoxy) is 3. The molecule has 2 rings (SSSR count). The van der Waals surface area contributed by atoms with Crippen LogP contribution in [0, 0.1) is 0 Å². The van der Waals surface area contributed by atoms with Gasteiger partial charge in [0.05, 0.1) is 19.3 Å². The summed E-state index contributed by atoms with van der Waals surface area (Å²) in [5.41, 5.74) is 0. The lowest BCUT2D eigenvalue weighted by Gasteiger charge is -2.40. The van der Waals surface area contributed by atoms with Gasteiger partial charge < -0.3 is 44.8 Å². The predicted molar refractivity (Wildman–Crippen MR) is 61.2 cm³/mol. The number of aliphatic hydroxyl groups is 6. The Balaban J connectivity index is 1.97. The van der Waals surface area contributed by atoms with Gasteiger partial charge in [-0.3, -0.25) is 0 Å². The molecule has 0 aliphatic carbocycles. The van der Waals surface area contributed by atoms with Crippen molar-refractivity contribution in [2.24, 2.45) is 0 Å². The van der Waals surface area contributed by atoms with Gasteiger partial charge in [-0.15, -0.1) is 0 Å². The summed E-state index contributed by atoms with van der Waals surface area (Å²) in [6.45, 7) is -0.857. The van der Waals surface area contributed by atoms with Gasteiger partial charge in [0.1, 0.15) is 30.5 Å². The lowest BCUT2D eigenvalue weighted by molar-refractivity contribution is -0.341. The monoisotopic (exact) mass is 296 g/mol. The van der Waals surface area contributed by atoms with E-state index in [-0.39, 0.29) is 13.0 Å². The van der Waals surface area contributed by atoms with E-state index in [1.807, 2.05) is 0 Å². The molecule has 2 aliphatic rings. The second kappa shape index (κ2) is 6.60. The average molecular weight is 296 g/mol. The molecule has 0 spiro atoms. The maximum Gasteiger partial charge on any atom is 0.189 e. The standard InChI is InChI=1S/C11H20O9/c12-2-4-1-5(14)10(18-4)20-11-9(17)8(16)7(15)6(3-13)19-11/h4-17H,1-3H2/t4-,5+,6?,7?,8?,9?,10?,11?/m0/s1. The van der Waals surface area contributed by atoms with Crippen LogP contribution in [0.4, 0.5) is 0 Å². The zero-order valence-electron chi connectivity index (χ0n) is 10.6. The maximum atomic E-state index is 9.76. The van der Waals surface area contributed by atoms with Gasteiger partial charge in [-0.1, -0.05) is 0 Å². The summed E-state index contributed by atoms with van der Waals surface area (Å²) >= 11 is 0. The highest BCUT2D eigenvalue weighted by Crippen LogP contribution is 2.27. The molecule has 2 heterocycles. The lowest BCUT2D eigenvalue weighted by atomic mass is 9.99. The summed E-state index contributed by atoms with van der Waals surface area (Å²) in [5, 5.41) is 56.6. The molecule has 118 valence electrons. The second-order valence-corrected chi connectivity index (χ2v) is 4.95. The van der Waals surface area contributed by atoms with Crippen molar-refractivity contribution in [3.63, 3.8) is 0 Å². The van der Waals surface area contributed by atoms with Crippen LogP contribution >= 0.6 is 0 Å². The van der Waals surface area contributed by atoms with Gasteiger partial charge >= 0.3 is 0 Å². The maximum absolute atomic E-state index is 9.76. The number of aliphatic hydroxyl groups excluding tert-OH is 6. The molecule has 6 unspecified atom stereocenters. The molecule has 0 aromatic rings. The summed E-state index contributed by atoms with van der Waals surface area (Å²) in [4.78, 5) is 0. The fourth-order valence-electron chi connectivity index (χ4n) is 2.27. The van der Waals surface area contributed by atoms with Gasteiger partial charge in [-0.05, 0) is 0 Å². The minimum Gasteiger partial charge on any atom is -0.394 e. The zero-order chi connectivity index (χ0) is 14.9. The molecular weight excluding hydrogens is 276 g/mol. The first kappa shape index (κ1) is 16.0. The topological polar surface area (TPSA) is 149 Å². The van der Waals surface area contributed by atoms with Crippen molar-refractivity contribution < 1.29 is 44.8 Å². The van der Waals surface area contributed by atoms with E-state index >= 15 is 0 Å². The Labute approximate surface area is 114 Å². The first-order valence-electron chi connectivity index (χ1n) is 6.38. The fraction of sp³-hybridized carbons (Fsp3) is 1.00. The van der Waals surface area contributed by atoms with Crippen LogP contribution < -0.4 is 0 Å². The van der Waals surface area contributed by atoms with Crippen LogP contribution in [0.1, 0.15) is 6.42 Å². The molecule has 6 N–H and O–H groups in total. The number of hydrogen-bond donors (Lipinski definition) is 6. The van der Waals surface area contributed by atoms with Crippen molar-refractivity contribution in [1.82, 2.24) is 0 Å². The van der Waals surface area contributed by atoms with E-state index in [1.54, 1.807) is 0 Å². The van der Waals surface area contributed by atoms with Crippen LogP contribution in [-0.4, -0.2) is 93.1 Å². The Morgan fingerprint density at radius 2 is 1.55 bits per heavy atom. The molecule has 0 amide bonds. The van der Waals surface area contributed by atoms with Crippen molar-refractivity contribution in [3.8, 4) is 0 Å². The number of rotatable bonds is 4. The SMILES string of the molecule is OCC1OC(OC2O[C@H](CO)C[C@H]2O)C(O)C(O)C1O. The summed E-state index contributed by atoms with van der Waals surface area (Å²) in [7, 11) is 0. The molecule has 2 aliphatic heterocycles. The molecule has 0 aromatic heterocycles. The Morgan fingerprint density at radius 1 is 0.850 bits per heavy atom. The van der Waals surface area contributed by atoms with E-state index < -0.39 is 55.8 Å². The van der Waals surface area contributed by atoms with Gasteiger partial charge in [0.25, 0.3) is 0 Å². The molecule has 20 heavy (non-hydrogen) atoms. The second-order valence-electron chi connectivity index (χ2n) is 4.95. The van der Waals surface area contributed by atoms with E-state index in [9.17, 15) is 20.4 Å². The van der Waals surface area contributed by atoms with Gasteiger partial charge in [-0.2, -0.15) is 0 Å². The third-order valence-corrected chi connectivity index (χ3v) is 3.47. The molecule has 0 aromatic carbocycles. The van der Waals surface area contributed by atoms with E-state index in [1.165, 1.54) is 0 Å². The first-order valence-corrected chi connectivity index (χ1v) is 6.38. The van der Waals surface area contributed by atoms with E-state index in [0.717, 1.165) is 0 Å². The Hall–Kier alpha value is -0.360. The average Bonchev–Trinajstić information content (AvgIpc) is 2.80. The Bertz CT molecular complexity index is 312. The van der Waals surface area contributed by atoms with Crippen LogP contribution in [0.15, 0.2) is 0 Å². The minimum absolute atomic E-state index is 0.165. The van der Waals surface area contributed by atoms with Crippen molar-refractivity contribution in [2.75, 3.05) is 13.2 Å². The van der Waals surface area contributed by atoms with Crippen LogP contribution in [0.3, 0.4) is 0 Å². The largest absolute Gasteiger partial charge is 0.394 e. The molecule has 0 radical (unpaired) electrons. The van der Waals surface area contributed by atoms with Gasteiger partial charge in [0.15, 0.2) is 12.6 Å². The van der Waals surface area contributed by atoms with E-state index in [4.69, 9.17) is 24.4 Å². The highest BCUT2D eigenvalue weighted by atomic mass is 16.8. The summed E-state index contributed by atoms with van der Waals surface area (Å²) in [6, 6.07) is 0. The van der Waals surface area contributed by atoms with Crippen LogP contribution in [-0.2, 0) is 14.2 Å². The van der Waals surface area contributed by atoms with Crippen molar-refractivity contribution in [2.45, 2.75) is 55.6 Å². The molecular formula is C11H20O9. The highest BCUT2D eigenvalue weighted by molar-refractivity contribution is 4.89. The first-order chi connectivity index (χ1) is 9.47. The summed E-state index contributed by atoms with van der Waals surface area (Å²) in [6.07, 6.45) is -9.62. The highest BCUT2D eigenvalue weighted by Gasteiger charge is 2.46. The van der Waals surface area contributed by atoms with Gasteiger partial charge in [0.2, 0.25) is 0 Å². The number of hydrogen-bond acceptors (Lipinski definition) is 9. The van der Waals surface area contributed by atoms with Gasteiger partial charge in [-0.25, -0.2) is 0 Å². The van der Waals surface area contributed by atoms with Gasteiger partial charge in [0, 0.05) is 6.42 Å². The van der Waals surface area contributed by atoms with Crippen molar-refractivity contribution in [1.29, 1.82) is 0 Å². The minimum atomic E-state index is -1.56. The molecule has 0 bridgehead atoms. The zero-order valence-corrected chi connectivity index (χ0v) is 10.6. The molecule has 2 saturated heterocycles. The summed E-state index contributed by atoms with van der Waals surface area (Å²) in [5.74, 6) is 0. The third-order valence-electron chi connectivity index (χ3n) is 3.47. The molecule has 9 heteroatoms. The quantitative estimate of drug-likeness (QED) is 0.308. The van der Waals surface area contributed by atoms with E-state index in [2.05, 4.69) is 0 Å². The van der Waals surface area contributed by atoms with Crippen LogP contribution in [0.5, 0.6) is 0 Å². The smallest absolute Gasteiger partial charge is 0.189 e. The normalized spacial score (nSPS) is 49.5. The summed E-state index contributed by atoms with van der Waals surface area (Å²) < 4.78 is 15.5. The van der Waals surface area contributed by atoms with E-state index in [0.29, 0.717) is 0 Å². The molecule has 2 fully saturated rings. The lowest BCUT2D eigenvalue weighted by Crippen LogP contribution is -2.60. The Kier molecular flexibility index (Phi) is 5.29. The van der Waals surface area contributed by atoms with Crippen LogP contribution in [0.2, 0.25) is 0 Å². The third kappa shape index (κ3) is 3.11. The fourth-order valence-corrected chi connectivity index (χ4v) is 2.27.